The van der Waals surface area contributed by atoms with Gasteiger partial charge in [-0.15, -0.1) is 0 Å². The van der Waals surface area contributed by atoms with E-state index in [1.165, 1.54) is 0 Å². The summed E-state index contributed by atoms with van der Waals surface area (Å²) in [5.41, 5.74) is 2.60. The molecule has 0 saturated heterocycles. The molecule has 3 aromatic rings. The number of rotatable bonds is 8. The maximum absolute atomic E-state index is 13.4. The van der Waals surface area contributed by atoms with Crippen molar-refractivity contribution in [2.75, 3.05) is 11.9 Å². The minimum absolute atomic E-state index is 0.0174. The zero-order valence-electron chi connectivity index (χ0n) is 19.6. The molecule has 1 heterocycles. The van der Waals surface area contributed by atoms with Crippen molar-refractivity contribution in [1.82, 2.24) is 4.90 Å². The quantitative estimate of drug-likeness (QED) is 0.494. The molecule has 4 rings (SSSR count). The van der Waals surface area contributed by atoms with E-state index in [0.717, 1.165) is 17.5 Å². The Bertz CT molecular complexity index is 1120. The van der Waals surface area contributed by atoms with Crippen LogP contribution in [-0.2, 0) is 16.1 Å². The maximum atomic E-state index is 13.4. The fraction of sp³-hybridized carbons (Fsp3) is 0.286. The Kier molecular flexibility index (Phi) is 7.48. The molecule has 0 fully saturated rings. The summed E-state index contributed by atoms with van der Waals surface area (Å²) in [6.45, 7) is 4.35. The average molecular weight is 459 g/mol. The highest BCUT2D eigenvalue weighted by atomic mass is 16.5. The molecule has 3 aromatic carbocycles. The smallest absolute Gasteiger partial charge is 0.264 e. The van der Waals surface area contributed by atoms with Crippen LogP contribution in [0.2, 0.25) is 0 Å². The zero-order chi connectivity index (χ0) is 23.9. The molecule has 6 nitrogen and oxygen atoms in total. The van der Waals surface area contributed by atoms with Crippen LogP contribution in [0.1, 0.15) is 43.9 Å². The highest BCUT2D eigenvalue weighted by Gasteiger charge is 2.34. The van der Waals surface area contributed by atoms with Gasteiger partial charge >= 0.3 is 0 Å². The second-order valence-electron chi connectivity index (χ2n) is 8.29. The fourth-order valence-corrected chi connectivity index (χ4v) is 4.24. The molecular formula is C28H30N2O4. The van der Waals surface area contributed by atoms with Crippen LogP contribution in [0.4, 0.5) is 5.69 Å². The second-order valence-corrected chi connectivity index (χ2v) is 8.29. The first kappa shape index (κ1) is 23.4. The lowest BCUT2D eigenvalue weighted by molar-refractivity contribution is -0.141. The Balaban J connectivity index is 1.54. The lowest BCUT2D eigenvalue weighted by Crippen LogP contribution is -2.41. The fourth-order valence-electron chi connectivity index (χ4n) is 4.24. The number of nitrogens with one attached hydrogen (secondary N) is 1. The van der Waals surface area contributed by atoms with E-state index in [0.29, 0.717) is 30.2 Å². The Morgan fingerprint density at radius 3 is 2.44 bits per heavy atom. The number of nitrogens with zero attached hydrogens (tertiary/aromatic N) is 1. The monoisotopic (exact) mass is 458 g/mol. The molecule has 0 saturated carbocycles. The third kappa shape index (κ3) is 5.39. The summed E-state index contributed by atoms with van der Waals surface area (Å²) < 4.78 is 11.7. The Labute approximate surface area is 200 Å². The van der Waals surface area contributed by atoms with Crippen LogP contribution in [0.3, 0.4) is 0 Å². The summed E-state index contributed by atoms with van der Waals surface area (Å²) in [6, 6.07) is 24.7. The van der Waals surface area contributed by atoms with Gasteiger partial charge in [-0.1, -0.05) is 62.4 Å². The van der Waals surface area contributed by atoms with E-state index in [1.54, 1.807) is 18.2 Å². The largest absolute Gasteiger partial charge is 0.484 e. The van der Waals surface area contributed by atoms with Gasteiger partial charge in [0.2, 0.25) is 0 Å². The summed E-state index contributed by atoms with van der Waals surface area (Å²) in [6.07, 6.45) is 0.822. The number of hydrogen-bond acceptors (Lipinski definition) is 4. The topological polar surface area (TPSA) is 67.9 Å². The number of ether oxygens (including phenoxy) is 2. The average Bonchev–Trinajstić information content (AvgIpc) is 3.01. The van der Waals surface area contributed by atoms with Gasteiger partial charge in [-0.3, -0.25) is 9.59 Å². The highest BCUT2D eigenvalue weighted by molar-refractivity contribution is 5.92. The predicted molar refractivity (Wildman–Crippen MR) is 132 cm³/mol. The molecule has 0 unspecified atom stereocenters. The standard InChI is InChI=1S/C28H30N2O4/c1-3-24(20-11-7-5-8-12-20)30-18-21-17-22(15-16-26(21)34-25(4-2)28(30)32)29-27(31)19-33-23-13-9-6-10-14-23/h5-17,24-25H,3-4,18-19H2,1-2H3,(H,29,31)/t24-,25-/m0/s1. The Morgan fingerprint density at radius 1 is 1.06 bits per heavy atom. The van der Waals surface area contributed by atoms with Crippen LogP contribution in [-0.4, -0.2) is 29.4 Å². The van der Waals surface area contributed by atoms with Gasteiger partial charge in [-0.2, -0.15) is 0 Å². The molecule has 2 atom stereocenters. The van der Waals surface area contributed by atoms with E-state index in [2.05, 4.69) is 24.4 Å². The first-order valence-electron chi connectivity index (χ1n) is 11.7. The van der Waals surface area contributed by atoms with Crippen LogP contribution in [0.25, 0.3) is 0 Å². The van der Waals surface area contributed by atoms with Gasteiger partial charge < -0.3 is 19.7 Å². The molecule has 0 radical (unpaired) electrons. The number of carbonyl (C=O) groups is 2. The molecule has 0 spiro atoms. The molecule has 6 heteroatoms. The predicted octanol–water partition coefficient (Wildman–Crippen LogP) is 5.36. The van der Waals surface area contributed by atoms with E-state index in [9.17, 15) is 9.59 Å². The van der Waals surface area contributed by atoms with Crippen molar-refractivity contribution < 1.29 is 19.1 Å². The van der Waals surface area contributed by atoms with Gasteiger partial charge in [0.15, 0.2) is 12.7 Å². The molecule has 0 aromatic heterocycles. The molecule has 1 N–H and O–H groups in total. The van der Waals surface area contributed by atoms with Crippen LogP contribution in [0.15, 0.2) is 78.9 Å². The van der Waals surface area contributed by atoms with Gasteiger partial charge in [0.05, 0.1) is 12.6 Å². The number of benzene rings is 3. The van der Waals surface area contributed by atoms with Crippen molar-refractivity contribution >= 4 is 17.5 Å². The van der Waals surface area contributed by atoms with Crippen LogP contribution < -0.4 is 14.8 Å². The first-order valence-corrected chi connectivity index (χ1v) is 11.7. The van der Waals surface area contributed by atoms with Crippen LogP contribution in [0.5, 0.6) is 11.5 Å². The van der Waals surface area contributed by atoms with Crippen molar-refractivity contribution in [2.45, 2.75) is 45.4 Å². The number of carbonyl (C=O) groups excluding carboxylic acids is 2. The normalized spacial score (nSPS) is 16.1. The SMILES string of the molecule is CC[C@@H]1Oc2ccc(NC(=O)COc3ccccc3)cc2CN([C@@H](CC)c2ccccc2)C1=O. The number of amides is 2. The van der Waals surface area contributed by atoms with Gasteiger partial charge in [-0.05, 0) is 48.7 Å². The molecule has 2 amide bonds. The number of hydrogen-bond donors (Lipinski definition) is 1. The third-order valence-electron chi connectivity index (χ3n) is 5.94. The maximum Gasteiger partial charge on any atom is 0.264 e. The summed E-state index contributed by atoms with van der Waals surface area (Å²) in [5.74, 6) is 1.04. The molecular weight excluding hydrogens is 428 g/mol. The van der Waals surface area contributed by atoms with Gasteiger partial charge in [0.25, 0.3) is 11.8 Å². The number of para-hydroxylation sites is 1. The van der Waals surface area contributed by atoms with E-state index in [1.807, 2.05) is 60.4 Å². The van der Waals surface area contributed by atoms with Gasteiger partial charge in [0, 0.05) is 11.3 Å². The van der Waals surface area contributed by atoms with Gasteiger partial charge in [-0.25, -0.2) is 0 Å². The summed E-state index contributed by atoms with van der Waals surface area (Å²) in [7, 11) is 0. The van der Waals surface area contributed by atoms with Crippen molar-refractivity contribution in [3.05, 3.63) is 90.0 Å². The third-order valence-corrected chi connectivity index (χ3v) is 5.94. The van der Waals surface area contributed by atoms with Crippen molar-refractivity contribution in [2.24, 2.45) is 0 Å². The molecule has 34 heavy (non-hydrogen) atoms. The number of anilines is 1. The Hall–Kier alpha value is -3.80. The first-order chi connectivity index (χ1) is 16.6. The molecule has 0 aliphatic carbocycles. The summed E-state index contributed by atoms with van der Waals surface area (Å²) >= 11 is 0. The van der Waals surface area contributed by atoms with Crippen molar-refractivity contribution in [3.8, 4) is 11.5 Å². The molecule has 176 valence electrons. The summed E-state index contributed by atoms with van der Waals surface area (Å²) in [5, 5.41) is 2.89. The highest BCUT2D eigenvalue weighted by Crippen LogP contribution is 2.34. The zero-order valence-corrected chi connectivity index (χ0v) is 19.6. The van der Waals surface area contributed by atoms with Crippen molar-refractivity contribution in [3.63, 3.8) is 0 Å². The molecule has 0 bridgehead atoms. The van der Waals surface area contributed by atoms with E-state index in [4.69, 9.17) is 9.47 Å². The van der Waals surface area contributed by atoms with E-state index < -0.39 is 6.10 Å². The molecule has 1 aliphatic heterocycles. The van der Waals surface area contributed by atoms with Gasteiger partial charge in [0.1, 0.15) is 11.5 Å². The van der Waals surface area contributed by atoms with Crippen molar-refractivity contribution in [1.29, 1.82) is 0 Å². The second kappa shape index (κ2) is 10.9. The minimum atomic E-state index is -0.543. The number of fused-ring (bicyclic) bond motifs is 1. The molecule has 1 aliphatic rings. The van der Waals surface area contributed by atoms with E-state index >= 15 is 0 Å². The lowest BCUT2D eigenvalue weighted by Gasteiger charge is -2.32. The Morgan fingerprint density at radius 2 is 1.76 bits per heavy atom. The van der Waals surface area contributed by atoms with Crippen LogP contribution in [0, 0.1) is 0 Å². The summed E-state index contributed by atoms with van der Waals surface area (Å²) in [4.78, 5) is 27.8. The lowest BCUT2D eigenvalue weighted by atomic mass is 10.0. The minimum Gasteiger partial charge on any atom is -0.484 e. The van der Waals surface area contributed by atoms with E-state index in [-0.39, 0.29) is 24.5 Å². The van der Waals surface area contributed by atoms with Crippen LogP contribution >= 0.6 is 0 Å².